The Morgan fingerprint density at radius 1 is 1.24 bits per heavy atom. The molecule has 0 saturated heterocycles. The minimum absolute atomic E-state index is 0.338. The first-order valence-electron chi connectivity index (χ1n) is 6.02. The average Bonchev–Trinajstić information content (AvgIpc) is 2.49. The van der Waals surface area contributed by atoms with E-state index in [4.69, 9.17) is 27.9 Å². The number of carbonyl (C=O) groups excluding carboxylic acids is 1. The van der Waals surface area contributed by atoms with Gasteiger partial charge in [-0.2, -0.15) is 5.10 Å². The number of halogens is 2. The van der Waals surface area contributed by atoms with E-state index in [-0.39, 0.29) is 5.91 Å². The summed E-state index contributed by atoms with van der Waals surface area (Å²) in [5, 5.41) is 4.87. The Morgan fingerprint density at radius 2 is 2.05 bits per heavy atom. The lowest BCUT2D eigenvalue weighted by atomic mass is 10.2. The van der Waals surface area contributed by atoms with Crippen molar-refractivity contribution in [1.29, 1.82) is 0 Å². The summed E-state index contributed by atoms with van der Waals surface area (Å²) >= 11 is 11.8. The van der Waals surface area contributed by atoms with Gasteiger partial charge in [-0.05, 0) is 30.3 Å². The van der Waals surface area contributed by atoms with Gasteiger partial charge in [0.15, 0.2) is 0 Å². The van der Waals surface area contributed by atoms with E-state index in [9.17, 15) is 4.79 Å². The number of amides is 1. The largest absolute Gasteiger partial charge is 0.497 e. The molecule has 0 aliphatic rings. The van der Waals surface area contributed by atoms with Crippen molar-refractivity contribution in [2.24, 2.45) is 5.10 Å². The smallest absolute Gasteiger partial charge is 0.271 e. The molecule has 0 aliphatic heterocycles. The summed E-state index contributed by atoms with van der Waals surface area (Å²) in [6.45, 7) is 0. The van der Waals surface area contributed by atoms with Crippen molar-refractivity contribution >= 4 is 35.3 Å². The second-order valence-corrected chi connectivity index (χ2v) is 4.94. The highest BCUT2D eigenvalue weighted by Gasteiger charge is 2.05. The van der Waals surface area contributed by atoms with Gasteiger partial charge in [-0.1, -0.05) is 35.3 Å². The molecule has 0 atom stereocenters. The third-order valence-electron chi connectivity index (χ3n) is 2.66. The van der Waals surface area contributed by atoms with Crippen molar-refractivity contribution in [2.75, 3.05) is 7.11 Å². The average molecular weight is 323 g/mol. The van der Waals surface area contributed by atoms with Crippen LogP contribution in [-0.4, -0.2) is 19.2 Å². The van der Waals surface area contributed by atoms with Crippen LogP contribution in [0.4, 0.5) is 0 Å². The Balaban J connectivity index is 2.04. The van der Waals surface area contributed by atoms with Crippen LogP contribution in [0.2, 0.25) is 10.0 Å². The molecule has 0 heterocycles. The van der Waals surface area contributed by atoms with Crippen molar-refractivity contribution < 1.29 is 9.53 Å². The molecule has 0 radical (unpaired) electrons. The molecule has 4 nitrogen and oxygen atoms in total. The predicted molar refractivity (Wildman–Crippen MR) is 84.5 cm³/mol. The number of rotatable bonds is 4. The first-order valence-corrected chi connectivity index (χ1v) is 6.78. The van der Waals surface area contributed by atoms with Crippen LogP contribution in [0.25, 0.3) is 0 Å². The molecule has 0 aliphatic carbocycles. The molecule has 0 saturated carbocycles. The number of hydrazone groups is 1. The zero-order chi connectivity index (χ0) is 15.2. The fourth-order valence-corrected chi connectivity index (χ4v) is 2.05. The standard InChI is InChI=1S/C15H12Cl2N2O2/c1-21-13-4-2-3-10(7-13)15(20)19-18-9-11-5-6-12(16)8-14(11)17/h2-9H,1H3,(H,19,20). The fourth-order valence-electron chi connectivity index (χ4n) is 1.60. The van der Waals surface area contributed by atoms with Gasteiger partial charge in [0.05, 0.1) is 18.3 Å². The maximum absolute atomic E-state index is 11.9. The lowest BCUT2D eigenvalue weighted by Crippen LogP contribution is -2.17. The van der Waals surface area contributed by atoms with Crippen molar-refractivity contribution in [2.45, 2.75) is 0 Å². The van der Waals surface area contributed by atoms with Gasteiger partial charge < -0.3 is 4.74 Å². The lowest BCUT2D eigenvalue weighted by molar-refractivity contribution is 0.0955. The van der Waals surface area contributed by atoms with E-state index in [1.165, 1.54) is 13.3 Å². The molecular formula is C15H12Cl2N2O2. The molecule has 108 valence electrons. The molecule has 1 amide bonds. The van der Waals surface area contributed by atoms with Gasteiger partial charge in [0, 0.05) is 16.1 Å². The van der Waals surface area contributed by atoms with Crippen molar-refractivity contribution in [3.05, 3.63) is 63.6 Å². The van der Waals surface area contributed by atoms with E-state index in [2.05, 4.69) is 10.5 Å². The zero-order valence-corrected chi connectivity index (χ0v) is 12.7. The highest BCUT2D eigenvalue weighted by molar-refractivity contribution is 6.36. The fraction of sp³-hybridized carbons (Fsp3) is 0.0667. The second kappa shape index (κ2) is 7.11. The highest BCUT2D eigenvalue weighted by Crippen LogP contribution is 2.19. The van der Waals surface area contributed by atoms with Gasteiger partial charge in [0.1, 0.15) is 5.75 Å². The molecule has 0 bridgehead atoms. The summed E-state index contributed by atoms with van der Waals surface area (Å²) in [5.74, 6) is 0.266. The number of nitrogens with zero attached hydrogens (tertiary/aromatic N) is 1. The number of hydrogen-bond acceptors (Lipinski definition) is 3. The molecule has 2 aromatic carbocycles. The van der Waals surface area contributed by atoms with E-state index >= 15 is 0 Å². The minimum atomic E-state index is -0.338. The Bertz CT molecular complexity index is 687. The van der Waals surface area contributed by atoms with E-state index in [0.717, 1.165) is 0 Å². The Hall–Kier alpha value is -2.04. The van der Waals surface area contributed by atoms with Crippen LogP contribution in [0.15, 0.2) is 47.6 Å². The summed E-state index contributed by atoms with van der Waals surface area (Å²) in [4.78, 5) is 11.9. The minimum Gasteiger partial charge on any atom is -0.497 e. The van der Waals surface area contributed by atoms with Crippen LogP contribution in [0, 0.1) is 0 Å². The third-order valence-corrected chi connectivity index (χ3v) is 3.23. The van der Waals surface area contributed by atoms with Gasteiger partial charge >= 0.3 is 0 Å². The number of carbonyl (C=O) groups is 1. The molecule has 0 spiro atoms. The zero-order valence-electron chi connectivity index (χ0n) is 11.1. The van der Waals surface area contributed by atoms with Gasteiger partial charge in [0.2, 0.25) is 0 Å². The number of ether oxygens (including phenoxy) is 1. The van der Waals surface area contributed by atoms with Crippen LogP contribution in [-0.2, 0) is 0 Å². The highest BCUT2D eigenvalue weighted by atomic mass is 35.5. The van der Waals surface area contributed by atoms with Crippen LogP contribution < -0.4 is 10.2 Å². The number of benzene rings is 2. The summed E-state index contributed by atoms with van der Waals surface area (Å²) in [6.07, 6.45) is 1.46. The molecule has 2 aromatic rings. The van der Waals surface area contributed by atoms with Gasteiger partial charge in [-0.25, -0.2) is 5.43 Å². The molecule has 1 N–H and O–H groups in total. The van der Waals surface area contributed by atoms with Gasteiger partial charge in [-0.3, -0.25) is 4.79 Å². The van der Waals surface area contributed by atoms with E-state index in [1.54, 1.807) is 42.5 Å². The summed E-state index contributed by atoms with van der Waals surface area (Å²) in [7, 11) is 1.54. The lowest BCUT2D eigenvalue weighted by Gasteiger charge is -2.03. The summed E-state index contributed by atoms with van der Waals surface area (Å²) in [5.41, 5.74) is 3.54. The Labute approximate surface area is 132 Å². The summed E-state index contributed by atoms with van der Waals surface area (Å²) in [6, 6.07) is 11.8. The second-order valence-electron chi connectivity index (χ2n) is 4.10. The van der Waals surface area contributed by atoms with Crippen LogP contribution in [0.3, 0.4) is 0 Å². The van der Waals surface area contributed by atoms with Crippen LogP contribution in [0.1, 0.15) is 15.9 Å². The number of hydrogen-bond donors (Lipinski definition) is 1. The van der Waals surface area contributed by atoms with Crippen molar-refractivity contribution in [1.82, 2.24) is 5.43 Å². The first-order chi connectivity index (χ1) is 10.1. The Morgan fingerprint density at radius 3 is 2.76 bits per heavy atom. The van der Waals surface area contributed by atoms with Crippen molar-refractivity contribution in [3.8, 4) is 5.75 Å². The number of methoxy groups -OCH3 is 1. The number of nitrogens with one attached hydrogen (secondary N) is 1. The molecule has 21 heavy (non-hydrogen) atoms. The van der Waals surface area contributed by atoms with E-state index < -0.39 is 0 Å². The molecule has 2 rings (SSSR count). The van der Waals surface area contributed by atoms with Gasteiger partial charge in [0.25, 0.3) is 5.91 Å². The molecule has 6 heteroatoms. The first kappa shape index (κ1) is 15.4. The van der Waals surface area contributed by atoms with Crippen LogP contribution >= 0.6 is 23.2 Å². The van der Waals surface area contributed by atoms with E-state index in [1.807, 2.05) is 0 Å². The van der Waals surface area contributed by atoms with E-state index in [0.29, 0.717) is 26.9 Å². The van der Waals surface area contributed by atoms with Crippen LogP contribution in [0.5, 0.6) is 5.75 Å². The summed E-state index contributed by atoms with van der Waals surface area (Å²) < 4.78 is 5.06. The third kappa shape index (κ3) is 4.21. The maximum Gasteiger partial charge on any atom is 0.271 e. The van der Waals surface area contributed by atoms with Crippen molar-refractivity contribution in [3.63, 3.8) is 0 Å². The van der Waals surface area contributed by atoms with Gasteiger partial charge in [-0.15, -0.1) is 0 Å². The molecule has 0 unspecified atom stereocenters. The monoisotopic (exact) mass is 322 g/mol. The topological polar surface area (TPSA) is 50.7 Å². The molecule has 0 aromatic heterocycles. The SMILES string of the molecule is COc1cccc(C(=O)NN=Cc2ccc(Cl)cc2Cl)c1. The molecular weight excluding hydrogens is 311 g/mol. The maximum atomic E-state index is 11.9. The quantitative estimate of drug-likeness (QED) is 0.688. The predicted octanol–water partition coefficient (Wildman–Crippen LogP) is 3.77. The molecule has 0 fully saturated rings. The normalized spacial score (nSPS) is 10.6. The Kier molecular flexibility index (Phi) is 5.20.